The van der Waals surface area contributed by atoms with Gasteiger partial charge in [-0.2, -0.15) is 0 Å². The Morgan fingerprint density at radius 1 is 1.33 bits per heavy atom. The van der Waals surface area contributed by atoms with Crippen LogP contribution in [0.1, 0.15) is 11.1 Å². The first-order valence-corrected chi connectivity index (χ1v) is 3.69. The summed E-state index contributed by atoms with van der Waals surface area (Å²) in [7, 11) is 0. The lowest BCUT2D eigenvalue weighted by molar-refractivity contribution is -0.213. The zero-order valence-electron chi connectivity index (χ0n) is 6.87. The van der Waals surface area contributed by atoms with Crippen LogP contribution < -0.4 is 5.11 Å². The summed E-state index contributed by atoms with van der Waals surface area (Å²) >= 11 is 0. The van der Waals surface area contributed by atoms with Gasteiger partial charge in [0.2, 0.25) is 0 Å². The van der Waals surface area contributed by atoms with Gasteiger partial charge in [-0.25, -0.2) is 0 Å². The maximum absolute atomic E-state index is 10.3. The van der Waals surface area contributed by atoms with E-state index in [0.717, 1.165) is 5.56 Å². The van der Waals surface area contributed by atoms with E-state index >= 15 is 0 Å². The SMILES string of the molecule is Cc1ccc(/C=C/C(=N)[O-])cc1. The molecule has 0 aromatic heterocycles. The van der Waals surface area contributed by atoms with Gasteiger partial charge < -0.3 is 10.5 Å². The number of aryl methyl sites for hydroxylation is 1. The van der Waals surface area contributed by atoms with Gasteiger partial charge in [0.1, 0.15) is 0 Å². The molecule has 2 nitrogen and oxygen atoms in total. The van der Waals surface area contributed by atoms with Gasteiger partial charge >= 0.3 is 0 Å². The normalized spacial score (nSPS) is 10.4. The lowest BCUT2D eigenvalue weighted by Gasteiger charge is -1.98. The molecule has 1 aromatic rings. The van der Waals surface area contributed by atoms with Gasteiger partial charge in [0.05, 0.1) is 0 Å². The van der Waals surface area contributed by atoms with Gasteiger partial charge in [-0.05, 0) is 18.4 Å². The zero-order valence-corrected chi connectivity index (χ0v) is 6.87. The van der Waals surface area contributed by atoms with E-state index in [-0.39, 0.29) is 0 Å². The van der Waals surface area contributed by atoms with Gasteiger partial charge in [-0.3, -0.25) is 0 Å². The number of hydrogen-bond donors (Lipinski definition) is 1. The van der Waals surface area contributed by atoms with Gasteiger partial charge in [0.15, 0.2) is 0 Å². The molecule has 0 aliphatic carbocycles. The molecular weight excluding hydrogens is 150 g/mol. The lowest BCUT2D eigenvalue weighted by Crippen LogP contribution is -2.10. The molecule has 1 aromatic carbocycles. The van der Waals surface area contributed by atoms with Crippen molar-refractivity contribution in [3.8, 4) is 0 Å². The summed E-state index contributed by atoms with van der Waals surface area (Å²) in [6.45, 7) is 2.00. The largest absolute Gasteiger partial charge is 0.859 e. The molecule has 0 amide bonds. The Labute approximate surface area is 71.7 Å². The maximum Gasteiger partial charge on any atom is -0.0223 e. The Hall–Kier alpha value is -1.57. The molecule has 2 heteroatoms. The van der Waals surface area contributed by atoms with Crippen LogP contribution in [0.2, 0.25) is 0 Å². The van der Waals surface area contributed by atoms with Crippen molar-refractivity contribution in [2.24, 2.45) is 0 Å². The lowest BCUT2D eigenvalue weighted by atomic mass is 10.1. The molecule has 1 N–H and O–H groups in total. The summed E-state index contributed by atoms with van der Waals surface area (Å²) in [5.74, 6) is -0.671. The van der Waals surface area contributed by atoms with Crippen molar-refractivity contribution in [1.82, 2.24) is 0 Å². The summed E-state index contributed by atoms with van der Waals surface area (Å²) < 4.78 is 0. The smallest absolute Gasteiger partial charge is 0.0223 e. The maximum atomic E-state index is 10.3. The van der Waals surface area contributed by atoms with Crippen LogP contribution in [-0.2, 0) is 0 Å². The van der Waals surface area contributed by atoms with Crippen molar-refractivity contribution in [2.75, 3.05) is 0 Å². The molecule has 0 atom stereocenters. The van der Waals surface area contributed by atoms with E-state index in [2.05, 4.69) is 0 Å². The van der Waals surface area contributed by atoms with Crippen molar-refractivity contribution < 1.29 is 5.11 Å². The Kier molecular flexibility index (Phi) is 2.64. The molecule has 0 aliphatic rings. The first-order chi connectivity index (χ1) is 5.68. The minimum absolute atomic E-state index is 0.671. The first-order valence-electron chi connectivity index (χ1n) is 3.69. The second-order valence-corrected chi connectivity index (χ2v) is 2.61. The van der Waals surface area contributed by atoms with Crippen molar-refractivity contribution in [2.45, 2.75) is 6.92 Å². The quantitative estimate of drug-likeness (QED) is 0.515. The van der Waals surface area contributed by atoms with Gasteiger partial charge in [-0.1, -0.05) is 42.0 Å². The fourth-order valence-corrected chi connectivity index (χ4v) is 0.849. The second-order valence-electron chi connectivity index (χ2n) is 2.61. The number of hydrogen-bond acceptors (Lipinski definition) is 2. The third-order valence-corrected chi connectivity index (χ3v) is 1.50. The Morgan fingerprint density at radius 3 is 2.42 bits per heavy atom. The molecule has 0 spiro atoms. The average molecular weight is 160 g/mol. The summed E-state index contributed by atoms with van der Waals surface area (Å²) in [5, 5.41) is 16.9. The highest BCUT2D eigenvalue weighted by Gasteiger charge is 1.84. The van der Waals surface area contributed by atoms with Crippen LogP contribution in [0.3, 0.4) is 0 Å². The Morgan fingerprint density at radius 2 is 1.92 bits per heavy atom. The predicted molar refractivity (Wildman–Crippen MR) is 47.9 cm³/mol. The van der Waals surface area contributed by atoms with Crippen LogP contribution >= 0.6 is 0 Å². The second kappa shape index (κ2) is 3.72. The summed E-state index contributed by atoms with van der Waals surface area (Å²) in [6, 6.07) is 7.76. The van der Waals surface area contributed by atoms with E-state index in [9.17, 15) is 5.11 Å². The highest BCUT2D eigenvalue weighted by atomic mass is 16.3. The third-order valence-electron chi connectivity index (χ3n) is 1.50. The number of benzene rings is 1. The van der Waals surface area contributed by atoms with Crippen molar-refractivity contribution in [1.29, 1.82) is 5.41 Å². The van der Waals surface area contributed by atoms with Crippen molar-refractivity contribution in [3.05, 3.63) is 41.5 Å². The van der Waals surface area contributed by atoms with Gasteiger partial charge in [0.25, 0.3) is 0 Å². The minimum Gasteiger partial charge on any atom is -0.859 e. The van der Waals surface area contributed by atoms with Crippen LogP contribution in [0.5, 0.6) is 0 Å². The topological polar surface area (TPSA) is 46.9 Å². The fourth-order valence-electron chi connectivity index (χ4n) is 0.849. The molecule has 1 rings (SSSR count). The first kappa shape index (κ1) is 8.53. The Balaban J connectivity index is 2.77. The van der Waals surface area contributed by atoms with Crippen LogP contribution in [0, 0.1) is 12.3 Å². The van der Waals surface area contributed by atoms with E-state index in [1.54, 1.807) is 6.08 Å². The van der Waals surface area contributed by atoms with Crippen LogP contribution in [0.4, 0.5) is 0 Å². The van der Waals surface area contributed by atoms with E-state index in [4.69, 9.17) is 5.41 Å². The standard InChI is InChI=1S/C10H11NO/c1-8-2-4-9(5-3-8)6-7-10(11)12/h2-7H,1H3,(H2,11,12)/p-1/b7-6+. The molecule has 0 radical (unpaired) electrons. The number of rotatable bonds is 2. The van der Waals surface area contributed by atoms with Gasteiger partial charge in [-0.15, -0.1) is 0 Å². The predicted octanol–water partition coefficient (Wildman–Crippen LogP) is 1.35. The molecule has 0 aliphatic heterocycles. The molecule has 0 saturated carbocycles. The minimum atomic E-state index is -0.671. The molecule has 12 heavy (non-hydrogen) atoms. The van der Waals surface area contributed by atoms with E-state index in [1.165, 1.54) is 11.6 Å². The summed E-state index contributed by atoms with van der Waals surface area (Å²) in [4.78, 5) is 0. The van der Waals surface area contributed by atoms with Crippen LogP contribution in [0.25, 0.3) is 6.08 Å². The summed E-state index contributed by atoms with van der Waals surface area (Å²) in [6.07, 6.45) is 2.87. The molecule has 0 saturated heterocycles. The Bertz CT molecular complexity index is 298. The fraction of sp³-hybridized carbons (Fsp3) is 0.100. The van der Waals surface area contributed by atoms with E-state index in [1.807, 2.05) is 31.2 Å². The molecular formula is C10H10NO-. The van der Waals surface area contributed by atoms with Crippen molar-refractivity contribution >= 4 is 12.0 Å². The molecule has 0 fully saturated rings. The van der Waals surface area contributed by atoms with E-state index < -0.39 is 5.90 Å². The van der Waals surface area contributed by atoms with E-state index in [0.29, 0.717) is 0 Å². The average Bonchev–Trinajstić information content (AvgIpc) is 2.03. The third kappa shape index (κ3) is 2.58. The highest BCUT2D eigenvalue weighted by molar-refractivity contribution is 5.85. The highest BCUT2D eigenvalue weighted by Crippen LogP contribution is 2.04. The van der Waals surface area contributed by atoms with Crippen molar-refractivity contribution in [3.63, 3.8) is 0 Å². The zero-order chi connectivity index (χ0) is 8.97. The molecule has 0 bridgehead atoms. The number of nitrogens with one attached hydrogen (secondary N) is 1. The van der Waals surface area contributed by atoms with Crippen LogP contribution in [0.15, 0.2) is 30.3 Å². The summed E-state index contributed by atoms with van der Waals surface area (Å²) in [5.41, 5.74) is 2.13. The van der Waals surface area contributed by atoms with Gasteiger partial charge in [0, 0.05) is 0 Å². The molecule has 0 heterocycles. The molecule has 0 unspecified atom stereocenters. The van der Waals surface area contributed by atoms with Crippen LogP contribution in [-0.4, -0.2) is 5.90 Å². The monoisotopic (exact) mass is 160 g/mol. The molecule has 62 valence electrons.